The van der Waals surface area contributed by atoms with E-state index in [1.54, 1.807) is 0 Å². The zero-order valence-corrected chi connectivity index (χ0v) is 14.7. The second-order valence-corrected chi connectivity index (χ2v) is 7.48. The average Bonchev–Trinajstić information content (AvgIpc) is 2.72. The highest BCUT2D eigenvalue weighted by Gasteiger charge is 2.33. The third-order valence-electron chi connectivity index (χ3n) is 4.39. The maximum absolute atomic E-state index is 11.9. The third kappa shape index (κ3) is 5.76. The van der Waals surface area contributed by atoms with E-state index >= 15 is 0 Å². The molecular weight excluding hydrogens is 302 g/mol. The van der Waals surface area contributed by atoms with Crippen LogP contribution in [-0.2, 0) is 9.59 Å². The largest absolute Gasteiger partial charge is 0.356 e. The van der Waals surface area contributed by atoms with Gasteiger partial charge in [0, 0.05) is 36.5 Å². The van der Waals surface area contributed by atoms with Crippen LogP contribution in [0.5, 0.6) is 0 Å². The molecule has 2 aliphatic rings. The molecule has 2 amide bonds. The van der Waals surface area contributed by atoms with Crippen LogP contribution in [0.25, 0.3) is 0 Å². The summed E-state index contributed by atoms with van der Waals surface area (Å²) in [5.41, 5.74) is -0.364. The molecule has 2 fully saturated rings. The normalized spacial score (nSPS) is 27.0. The molecule has 128 valence electrons. The number of piperidine rings is 1. The monoisotopic (exact) mass is 331 g/mol. The molecule has 3 N–H and O–H groups in total. The molecule has 0 radical (unpaired) electrons. The summed E-state index contributed by atoms with van der Waals surface area (Å²) < 4.78 is 0. The Hall–Kier alpha value is -0.810. The lowest BCUT2D eigenvalue weighted by Crippen LogP contribution is -2.48. The maximum Gasteiger partial charge on any atom is 0.225 e. The van der Waals surface area contributed by atoms with E-state index in [4.69, 9.17) is 0 Å². The fourth-order valence-corrected chi connectivity index (χ4v) is 3.19. The lowest BCUT2D eigenvalue weighted by atomic mass is 9.96. The van der Waals surface area contributed by atoms with Crippen LogP contribution in [-0.4, -0.2) is 36.5 Å². The van der Waals surface area contributed by atoms with E-state index in [0.29, 0.717) is 37.5 Å². The topological polar surface area (TPSA) is 70.2 Å². The molecule has 2 aliphatic heterocycles. The summed E-state index contributed by atoms with van der Waals surface area (Å²) in [6, 6.07) is 1.53. The van der Waals surface area contributed by atoms with Crippen LogP contribution in [0.15, 0.2) is 0 Å². The second kappa shape index (κ2) is 8.16. The quantitative estimate of drug-likeness (QED) is 0.672. The number of halogens is 1. The summed E-state index contributed by atoms with van der Waals surface area (Å²) in [5, 5.41) is 9.60. The van der Waals surface area contributed by atoms with Gasteiger partial charge < -0.3 is 16.0 Å². The Morgan fingerprint density at radius 1 is 1.14 bits per heavy atom. The minimum Gasteiger partial charge on any atom is -0.356 e. The highest BCUT2D eigenvalue weighted by molar-refractivity contribution is 5.85. The molecule has 2 heterocycles. The smallest absolute Gasteiger partial charge is 0.225 e. The highest BCUT2D eigenvalue weighted by atomic mass is 35.5. The fraction of sp³-hybridized carbons (Fsp3) is 0.875. The predicted octanol–water partition coefficient (Wildman–Crippen LogP) is 1.75. The van der Waals surface area contributed by atoms with Crippen LogP contribution in [0.4, 0.5) is 0 Å². The van der Waals surface area contributed by atoms with Crippen LogP contribution >= 0.6 is 12.4 Å². The number of hydrogen-bond acceptors (Lipinski definition) is 3. The van der Waals surface area contributed by atoms with Gasteiger partial charge in [-0.1, -0.05) is 20.8 Å². The van der Waals surface area contributed by atoms with Crippen molar-refractivity contribution in [3.05, 3.63) is 0 Å². The SMILES string of the molecule is CC(C)(C)C(=O)NCCCC(=O)NC1CC2CCC(C1)N2.Cl. The summed E-state index contributed by atoms with van der Waals surface area (Å²) in [7, 11) is 0. The van der Waals surface area contributed by atoms with Gasteiger partial charge in [0.15, 0.2) is 0 Å². The van der Waals surface area contributed by atoms with E-state index < -0.39 is 0 Å². The van der Waals surface area contributed by atoms with Crippen molar-refractivity contribution in [2.45, 2.75) is 77.4 Å². The number of rotatable bonds is 5. The van der Waals surface area contributed by atoms with Gasteiger partial charge in [-0.25, -0.2) is 0 Å². The first kappa shape index (κ1) is 19.2. The average molecular weight is 332 g/mol. The van der Waals surface area contributed by atoms with Crippen molar-refractivity contribution in [2.75, 3.05) is 6.54 Å². The number of carbonyl (C=O) groups excluding carboxylic acids is 2. The van der Waals surface area contributed by atoms with Crippen LogP contribution in [0, 0.1) is 5.41 Å². The van der Waals surface area contributed by atoms with Crippen LogP contribution in [0.3, 0.4) is 0 Å². The van der Waals surface area contributed by atoms with Crippen LogP contribution in [0.1, 0.15) is 59.3 Å². The Kier molecular flexibility index (Phi) is 7.13. The van der Waals surface area contributed by atoms with Gasteiger partial charge in [-0.3, -0.25) is 9.59 Å². The number of nitrogens with one attached hydrogen (secondary N) is 3. The van der Waals surface area contributed by atoms with Crippen molar-refractivity contribution < 1.29 is 9.59 Å². The van der Waals surface area contributed by atoms with Gasteiger partial charge in [-0.15, -0.1) is 12.4 Å². The van der Waals surface area contributed by atoms with Crippen molar-refractivity contribution in [1.29, 1.82) is 0 Å². The summed E-state index contributed by atoms with van der Waals surface area (Å²) in [4.78, 5) is 23.6. The van der Waals surface area contributed by atoms with Crippen molar-refractivity contribution in [3.63, 3.8) is 0 Å². The molecule has 22 heavy (non-hydrogen) atoms. The highest BCUT2D eigenvalue weighted by Crippen LogP contribution is 2.26. The molecule has 2 rings (SSSR count). The van der Waals surface area contributed by atoms with Gasteiger partial charge >= 0.3 is 0 Å². The lowest BCUT2D eigenvalue weighted by molar-refractivity contribution is -0.128. The zero-order chi connectivity index (χ0) is 15.5. The van der Waals surface area contributed by atoms with E-state index in [-0.39, 0.29) is 29.6 Å². The zero-order valence-electron chi connectivity index (χ0n) is 13.9. The van der Waals surface area contributed by atoms with Crippen molar-refractivity contribution in [2.24, 2.45) is 5.41 Å². The van der Waals surface area contributed by atoms with Crippen molar-refractivity contribution in [1.82, 2.24) is 16.0 Å². The Balaban J connectivity index is 0.00000242. The first-order valence-electron chi connectivity index (χ1n) is 8.18. The maximum atomic E-state index is 11.9. The number of amides is 2. The molecule has 0 aromatic carbocycles. The van der Waals surface area contributed by atoms with Gasteiger partial charge in [-0.05, 0) is 32.1 Å². The molecule has 0 aromatic heterocycles. The minimum absolute atomic E-state index is 0. The number of carbonyl (C=O) groups is 2. The standard InChI is InChI=1S/C16H29N3O2.ClH/c1-16(2,3)15(21)17-8-4-5-14(20)19-13-9-11-6-7-12(10-13)18-11;/h11-13,18H,4-10H2,1-3H3,(H,17,21)(H,19,20);1H. The molecule has 0 spiro atoms. The first-order chi connectivity index (χ1) is 9.84. The van der Waals surface area contributed by atoms with Gasteiger partial charge in [0.2, 0.25) is 11.8 Å². The van der Waals surface area contributed by atoms with Gasteiger partial charge in [0.25, 0.3) is 0 Å². The minimum atomic E-state index is -0.364. The Bertz CT molecular complexity index is 383. The molecule has 2 atom stereocenters. The summed E-state index contributed by atoms with van der Waals surface area (Å²) in [6.07, 6.45) is 5.80. The Labute approximate surface area is 139 Å². The van der Waals surface area contributed by atoms with Gasteiger partial charge in [-0.2, -0.15) is 0 Å². The molecule has 0 aliphatic carbocycles. The molecule has 5 nitrogen and oxygen atoms in total. The Morgan fingerprint density at radius 3 is 2.27 bits per heavy atom. The summed E-state index contributed by atoms with van der Waals surface area (Å²) >= 11 is 0. The van der Waals surface area contributed by atoms with Gasteiger partial charge in [0.05, 0.1) is 0 Å². The predicted molar refractivity (Wildman–Crippen MR) is 90.1 cm³/mol. The van der Waals surface area contributed by atoms with E-state index in [2.05, 4.69) is 16.0 Å². The lowest BCUT2D eigenvalue weighted by Gasteiger charge is -2.29. The van der Waals surface area contributed by atoms with E-state index in [1.807, 2.05) is 20.8 Å². The van der Waals surface area contributed by atoms with Crippen LogP contribution in [0.2, 0.25) is 0 Å². The molecule has 0 aromatic rings. The Morgan fingerprint density at radius 2 is 1.73 bits per heavy atom. The third-order valence-corrected chi connectivity index (χ3v) is 4.39. The fourth-order valence-electron chi connectivity index (χ4n) is 3.19. The second-order valence-electron chi connectivity index (χ2n) is 7.48. The van der Waals surface area contributed by atoms with Gasteiger partial charge in [0.1, 0.15) is 0 Å². The van der Waals surface area contributed by atoms with E-state index in [0.717, 1.165) is 12.8 Å². The van der Waals surface area contributed by atoms with Crippen molar-refractivity contribution in [3.8, 4) is 0 Å². The van der Waals surface area contributed by atoms with E-state index in [1.165, 1.54) is 12.8 Å². The molecule has 2 bridgehead atoms. The van der Waals surface area contributed by atoms with Crippen LogP contribution < -0.4 is 16.0 Å². The number of fused-ring (bicyclic) bond motifs is 2. The molecule has 2 unspecified atom stereocenters. The summed E-state index contributed by atoms with van der Waals surface area (Å²) in [5.74, 6) is 0.157. The van der Waals surface area contributed by atoms with Crippen molar-refractivity contribution >= 4 is 24.2 Å². The number of hydrogen-bond donors (Lipinski definition) is 3. The molecule has 0 saturated carbocycles. The van der Waals surface area contributed by atoms with E-state index in [9.17, 15) is 9.59 Å². The first-order valence-corrected chi connectivity index (χ1v) is 8.18. The molecular formula is C16H30ClN3O2. The molecule has 6 heteroatoms. The summed E-state index contributed by atoms with van der Waals surface area (Å²) in [6.45, 7) is 6.24. The molecule has 2 saturated heterocycles.